The highest BCUT2D eigenvalue weighted by molar-refractivity contribution is 5.65. The molecule has 23 heavy (non-hydrogen) atoms. The molecule has 124 valence electrons. The zero-order valence-electron chi connectivity index (χ0n) is 13.9. The van der Waals surface area contributed by atoms with Crippen LogP contribution < -0.4 is 14.8 Å². The van der Waals surface area contributed by atoms with Crippen molar-refractivity contribution in [2.75, 3.05) is 40.4 Å². The van der Waals surface area contributed by atoms with Crippen LogP contribution in [0.15, 0.2) is 22.6 Å². The van der Waals surface area contributed by atoms with Gasteiger partial charge in [0.2, 0.25) is 5.89 Å². The van der Waals surface area contributed by atoms with E-state index in [-0.39, 0.29) is 0 Å². The van der Waals surface area contributed by atoms with Crippen molar-refractivity contribution in [3.05, 3.63) is 29.7 Å². The highest BCUT2D eigenvalue weighted by Crippen LogP contribution is 2.34. The highest BCUT2D eigenvalue weighted by atomic mass is 16.5. The zero-order valence-corrected chi connectivity index (χ0v) is 13.9. The average Bonchev–Trinajstić information content (AvgIpc) is 2.95. The molecule has 1 aliphatic rings. The molecule has 1 aliphatic heterocycles. The number of oxazole rings is 1. The Morgan fingerprint density at radius 2 is 2.00 bits per heavy atom. The Morgan fingerprint density at radius 1 is 1.22 bits per heavy atom. The van der Waals surface area contributed by atoms with Crippen molar-refractivity contribution >= 4 is 0 Å². The number of rotatable bonds is 5. The van der Waals surface area contributed by atoms with Crippen LogP contribution in [-0.2, 0) is 6.54 Å². The van der Waals surface area contributed by atoms with Crippen molar-refractivity contribution in [2.24, 2.45) is 0 Å². The molecule has 6 heteroatoms. The summed E-state index contributed by atoms with van der Waals surface area (Å²) in [6, 6.07) is 5.61. The largest absolute Gasteiger partial charge is 0.497 e. The summed E-state index contributed by atoms with van der Waals surface area (Å²) in [6.07, 6.45) is 0. The van der Waals surface area contributed by atoms with E-state index in [0.29, 0.717) is 5.89 Å². The monoisotopic (exact) mass is 317 g/mol. The number of nitrogens with zero attached hydrogens (tertiary/aromatic N) is 2. The molecule has 2 heterocycles. The van der Waals surface area contributed by atoms with Crippen molar-refractivity contribution in [3.8, 4) is 23.0 Å². The Balaban J connectivity index is 1.87. The number of aryl methyl sites for hydroxylation is 1. The molecule has 1 fully saturated rings. The molecule has 0 atom stereocenters. The van der Waals surface area contributed by atoms with Gasteiger partial charge in [0.25, 0.3) is 0 Å². The van der Waals surface area contributed by atoms with Gasteiger partial charge in [-0.15, -0.1) is 0 Å². The van der Waals surface area contributed by atoms with Crippen LogP contribution >= 0.6 is 0 Å². The number of aromatic nitrogens is 1. The number of benzene rings is 1. The lowest BCUT2D eigenvalue weighted by atomic mass is 10.2. The first kappa shape index (κ1) is 15.8. The average molecular weight is 317 g/mol. The van der Waals surface area contributed by atoms with Gasteiger partial charge in [-0.3, -0.25) is 4.90 Å². The van der Waals surface area contributed by atoms with Crippen molar-refractivity contribution in [1.29, 1.82) is 0 Å². The van der Waals surface area contributed by atoms with E-state index in [1.165, 1.54) is 0 Å². The van der Waals surface area contributed by atoms with Gasteiger partial charge in [-0.05, 0) is 25.1 Å². The molecule has 1 saturated heterocycles. The molecule has 0 saturated carbocycles. The molecule has 0 bridgehead atoms. The topological polar surface area (TPSA) is 59.8 Å². The first-order valence-electron chi connectivity index (χ1n) is 7.83. The van der Waals surface area contributed by atoms with Gasteiger partial charge in [-0.25, -0.2) is 4.98 Å². The SMILES string of the molecule is COc1ccc(OC)c(-c2nc(CN3CCNCC3)c(C)o2)c1. The second-order valence-electron chi connectivity index (χ2n) is 5.61. The van der Waals surface area contributed by atoms with Crippen molar-refractivity contribution in [3.63, 3.8) is 0 Å². The molecule has 2 aromatic rings. The molecule has 1 aromatic carbocycles. The predicted octanol–water partition coefficient (Wildman–Crippen LogP) is 2.07. The van der Waals surface area contributed by atoms with Crippen molar-refractivity contribution < 1.29 is 13.9 Å². The normalized spacial score (nSPS) is 15.6. The second kappa shape index (κ2) is 7.02. The first-order valence-corrected chi connectivity index (χ1v) is 7.83. The van der Waals surface area contributed by atoms with Gasteiger partial charge in [0.05, 0.1) is 25.5 Å². The third kappa shape index (κ3) is 3.48. The van der Waals surface area contributed by atoms with E-state index in [1.54, 1.807) is 14.2 Å². The summed E-state index contributed by atoms with van der Waals surface area (Å²) >= 11 is 0. The van der Waals surface area contributed by atoms with E-state index in [1.807, 2.05) is 25.1 Å². The number of ether oxygens (including phenoxy) is 2. The fraction of sp³-hybridized carbons (Fsp3) is 0.471. The molecular weight excluding hydrogens is 294 g/mol. The Hall–Kier alpha value is -2.05. The molecule has 0 spiro atoms. The van der Waals surface area contributed by atoms with Gasteiger partial charge in [-0.2, -0.15) is 0 Å². The van der Waals surface area contributed by atoms with E-state index in [4.69, 9.17) is 18.9 Å². The molecule has 1 aromatic heterocycles. The van der Waals surface area contributed by atoms with E-state index in [0.717, 1.165) is 61.2 Å². The van der Waals surface area contributed by atoms with Crippen LogP contribution in [0.1, 0.15) is 11.5 Å². The number of nitrogens with one attached hydrogen (secondary N) is 1. The second-order valence-corrected chi connectivity index (χ2v) is 5.61. The summed E-state index contributed by atoms with van der Waals surface area (Å²) in [6.45, 7) is 6.87. The van der Waals surface area contributed by atoms with Gasteiger partial charge in [-0.1, -0.05) is 0 Å². The zero-order chi connectivity index (χ0) is 16.2. The van der Waals surface area contributed by atoms with Crippen LogP contribution in [-0.4, -0.2) is 50.3 Å². The lowest BCUT2D eigenvalue weighted by Gasteiger charge is -2.26. The number of piperazine rings is 1. The summed E-state index contributed by atoms with van der Waals surface area (Å²) in [5, 5.41) is 3.36. The van der Waals surface area contributed by atoms with Crippen LogP contribution in [0.2, 0.25) is 0 Å². The standard InChI is InChI=1S/C17H23N3O3/c1-12-15(11-20-8-6-18-7-9-20)19-17(23-12)14-10-13(21-2)4-5-16(14)22-3/h4-5,10,18H,6-9,11H2,1-3H3. The van der Waals surface area contributed by atoms with E-state index >= 15 is 0 Å². The summed E-state index contributed by atoms with van der Waals surface area (Å²) in [5.74, 6) is 2.90. The number of hydrogen-bond donors (Lipinski definition) is 1. The molecule has 0 aliphatic carbocycles. The Labute approximate surface area is 136 Å². The summed E-state index contributed by atoms with van der Waals surface area (Å²) < 4.78 is 16.6. The quantitative estimate of drug-likeness (QED) is 0.911. The van der Waals surface area contributed by atoms with Crippen molar-refractivity contribution in [2.45, 2.75) is 13.5 Å². The Morgan fingerprint density at radius 3 is 2.70 bits per heavy atom. The van der Waals surface area contributed by atoms with Gasteiger partial charge < -0.3 is 19.2 Å². The molecule has 3 rings (SSSR count). The van der Waals surface area contributed by atoms with Gasteiger partial charge in [0.1, 0.15) is 17.3 Å². The fourth-order valence-corrected chi connectivity index (χ4v) is 2.75. The van der Waals surface area contributed by atoms with Crippen LogP contribution in [0.5, 0.6) is 11.5 Å². The highest BCUT2D eigenvalue weighted by Gasteiger charge is 2.19. The smallest absolute Gasteiger partial charge is 0.230 e. The third-order valence-corrected chi connectivity index (χ3v) is 4.11. The third-order valence-electron chi connectivity index (χ3n) is 4.11. The fourth-order valence-electron chi connectivity index (χ4n) is 2.75. The summed E-state index contributed by atoms with van der Waals surface area (Å²) in [5.41, 5.74) is 1.79. The van der Waals surface area contributed by atoms with Crippen LogP contribution in [0.3, 0.4) is 0 Å². The lowest BCUT2D eigenvalue weighted by molar-refractivity contribution is 0.230. The molecule has 6 nitrogen and oxygen atoms in total. The molecule has 0 unspecified atom stereocenters. The lowest BCUT2D eigenvalue weighted by Crippen LogP contribution is -2.43. The number of methoxy groups -OCH3 is 2. The maximum absolute atomic E-state index is 5.90. The van der Waals surface area contributed by atoms with Gasteiger partial charge in [0.15, 0.2) is 0 Å². The maximum atomic E-state index is 5.90. The van der Waals surface area contributed by atoms with Crippen LogP contribution in [0.25, 0.3) is 11.5 Å². The minimum absolute atomic E-state index is 0.573. The van der Waals surface area contributed by atoms with E-state index in [9.17, 15) is 0 Å². The minimum atomic E-state index is 0.573. The first-order chi connectivity index (χ1) is 11.2. The Kier molecular flexibility index (Phi) is 4.83. The van der Waals surface area contributed by atoms with Crippen LogP contribution in [0.4, 0.5) is 0 Å². The maximum Gasteiger partial charge on any atom is 0.230 e. The number of hydrogen-bond acceptors (Lipinski definition) is 6. The Bertz CT molecular complexity index is 663. The predicted molar refractivity (Wildman–Crippen MR) is 87.9 cm³/mol. The van der Waals surface area contributed by atoms with Gasteiger partial charge in [0, 0.05) is 32.7 Å². The van der Waals surface area contributed by atoms with E-state index < -0.39 is 0 Å². The summed E-state index contributed by atoms with van der Waals surface area (Å²) in [7, 11) is 3.28. The van der Waals surface area contributed by atoms with Crippen molar-refractivity contribution in [1.82, 2.24) is 15.2 Å². The van der Waals surface area contributed by atoms with Gasteiger partial charge >= 0.3 is 0 Å². The summed E-state index contributed by atoms with van der Waals surface area (Å²) in [4.78, 5) is 7.08. The van der Waals surface area contributed by atoms with Crippen LogP contribution in [0, 0.1) is 6.92 Å². The molecular formula is C17H23N3O3. The van der Waals surface area contributed by atoms with E-state index in [2.05, 4.69) is 10.2 Å². The molecule has 1 N–H and O–H groups in total. The molecule has 0 radical (unpaired) electrons. The molecule has 0 amide bonds. The minimum Gasteiger partial charge on any atom is -0.497 e.